The van der Waals surface area contributed by atoms with Crippen molar-refractivity contribution < 1.29 is 14.3 Å². The summed E-state index contributed by atoms with van der Waals surface area (Å²) in [5, 5.41) is 7.31. The minimum Gasteiger partial charge on any atom is -0.461 e. The molecule has 1 aromatic heterocycles. The Kier molecular flexibility index (Phi) is 5.59. The molecule has 27 heavy (non-hydrogen) atoms. The molecule has 2 amide bonds. The summed E-state index contributed by atoms with van der Waals surface area (Å²) in [6.45, 7) is 8.93. The number of aryl methyl sites for hydroxylation is 1. The molecule has 7 nitrogen and oxygen atoms in total. The molecule has 0 spiro atoms. The van der Waals surface area contributed by atoms with Gasteiger partial charge in [-0.1, -0.05) is 23.8 Å². The van der Waals surface area contributed by atoms with Gasteiger partial charge in [0.05, 0.1) is 24.5 Å². The Hall–Kier alpha value is -3.09. The van der Waals surface area contributed by atoms with Gasteiger partial charge in [0.2, 0.25) is 0 Å². The quantitative estimate of drug-likeness (QED) is 0.650. The molecule has 142 valence electrons. The van der Waals surface area contributed by atoms with Crippen molar-refractivity contribution in [3.05, 3.63) is 59.4 Å². The van der Waals surface area contributed by atoms with Crippen molar-refractivity contribution in [1.29, 1.82) is 0 Å². The normalized spacial score (nSPS) is 13.0. The number of amides is 2. The molecule has 1 aliphatic rings. The number of esters is 1. The van der Waals surface area contributed by atoms with Crippen LogP contribution in [0.1, 0.15) is 34.2 Å². The largest absolute Gasteiger partial charge is 0.461 e. The number of aromatic nitrogens is 2. The Labute approximate surface area is 158 Å². The number of ether oxygens (including phenoxy) is 1. The highest BCUT2D eigenvalue weighted by atomic mass is 16.5. The number of hydrogen-bond acceptors (Lipinski definition) is 4. The lowest BCUT2D eigenvalue weighted by molar-refractivity contribution is 0.0516. The van der Waals surface area contributed by atoms with E-state index < -0.39 is 5.97 Å². The number of carbonyl (C=O) groups is 2. The first kappa shape index (κ1) is 18.7. The Balaban J connectivity index is 1.98. The molecule has 7 heteroatoms. The molecule has 2 aromatic rings. The lowest BCUT2D eigenvalue weighted by Crippen LogP contribution is -2.43. The van der Waals surface area contributed by atoms with E-state index in [1.54, 1.807) is 22.6 Å². The van der Waals surface area contributed by atoms with Crippen molar-refractivity contribution in [2.45, 2.75) is 26.8 Å². The average Bonchev–Trinajstić information content (AvgIpc) is 3.06. The second-order valence-corrected chi connectivity index (χ2v) is 6.39. The van der Waals surface area contributed by atoms with Gasteiger partial charge in [0.25, 0.3) is 0 Å². The van der Waals surface area contributed by atoms with Crippen LogP contribution >= 0.6 is 0 Å². The van der Waals surface area contributed by atoms with Crippen LogP contribution in [0.5, 0.6) is 0 Å². The van der Waals surface area contributed by atoms with Gasteiger partial charge in [0.15, 0.2) is 5.69 Å². The molecule has 2 heterocycles. The van der Waals surface area contributed by atoms with Crippen LogP contribution in [0.3, 0.4) is 0 Å². The van der Waals surface area contributed by atoms with Crippen molar-refractivity contribution in [2.24, 2.45) is 0 Å². The number of nitrogens with one attached hydrogen (secondary N) is 1. The smallest absolute Gasteiger partial charge is 0.359 e. The van der Waals surface area contributed by atoms with Crippen LogP contribution in [0, 0.1) is 6.92 Å². The first-order valence-electron chi connectivity index (χ1n) is 9.03. The highest BCUT2D eigenvalue weighted by Gasteiger charge is 2.31. The number of rotatable bonds is 5. The molecular formula is C20H24N4O3. The number of fused-ring (bicyclic) bond motifs is 1. The molecule has 3 rings (SSSR count). The number of benzene rings is 1. The van der Waals surface area contributed by atoms with Crippen LogP contribution in [0.4, 0.5) is 4.79 Å². The number of carbonyl (C=O) groups excluding carboxylic acids is 2. The second kappa shape index (κ2) is 8.07. The Morgan fingerprint density at radius 2 is 2.07 bits per heavy atom. The molecule has 0 bridgehead atoms. The van der Waals surface area contributed by atoms with E-state index in [1.807, 2.05) is 31.2 Å². The highest BCUT2D eigenvalue weighted by Crippen LogP contribution is 2.26. The molecule has 0 saturated carbocycles. The summed E-state index contributed by atoms with van der Waals surface area (Å²) in [6, 6.07) is 7.77. The Morgan fingerprint density at radius 1 is 1.33 bits per heavy atom. The van der Waals surface area contributed by atoms with E-state index in [-0.39, 0.29) is 18.3 Å². The first-order chi connectivity index (χ1) is 13.0. The van der Waals surface area contributed by atoms with Crippen LogP contribution in [-0.4, -0.2) is 46.4 Å². The number of urea groups is 1. The zero-order valence-electron chi connectivity index (χ0n) is 15.7. The van der Waals surface area contributed by atoms with E-state index in [0.29, 0.717) is 26.1 Å². The molecule has 0 fully saturated rings. The third-order valence-electron chi connectivity index (χ3n) is 4.49. The van der Waals surface area contributed by atoms with E-state index >= 15 is 0 Å². The van der Waals surface area contributed by atoms with E-state index in [1.165, 1.54) is 0 Å². The minimum absolute atomic E-state index is 0.182. The maximum Gasteiger partial charge on any atom is 0.359 e. The van der Waals surface area contributed by atoms with Gasteiger partial charge < -0.3 is 15.0 Å². The third kappa shape index (κ3) is 3.86. The lowest BCUT2D eigenvalue weighted by atomic mass is 10.0. The highest BCUT2D eigenvalue weighted by molar-refractivity contribution is 5.89. The fraction of sp³-hybridized carbons (Fsp3) is 0.350. The molecule has 0 unspecified atom stereocenters. The summed E-state index contributed by atoms with van der Waals surface area (Å²) in [5.41, 5.74) is 3.99. The van der Waals surface area contributed by atoms with Crippen LogP contribution in [-0.2, 0) is 17.7 Å². The average molecular weight is 368 g/mol. The fourth-order valence-electron chi connectivity index (χ4n) is 3.13. The van der Waals surface area contributed by atoms with Crippen molar-refractivity contribution in [1.82, 2.24) is 20.0 Å². The molecule has 0 aliphatic carbocycles. The maximum absolute atomic E-state index is 12.4. The van der Waals surface area contributed by atoms with Gasteiger partial charge in [-0.25, -0.2) is 14.3 Å². The number of hydrogen-bond donors (Lipinski definition) is 1. The van der Waals surface area contributed by atoms with Gasteiger partial charge >= 0.3 is 12.0 Å². The lowest BCUT2D eigenvalue weighted by Gasteiger charge is -2.27. The second-order valence-electron chi connectivity index (χ2n) is 6.39. The zero-order chi connectivity index (χ0) is 19.4. The monoisotopic (exact) mass is 368 g/mol. The van der Waals surface area contributed by atoms with Crippen LogP contribution in [0.25, 0.3) is 5.69 Å². The van der Waals surface area contributed by atoms with Crippen molar-refractivity contribution >= 4 is 12.0 Å². The summed E-state index contributed by atoms with van der Waals surface area (Å²) < 4.78 is 6.97. The Morgan fingerprint density at radius 3 is 2.74 bits per heavy atom. The molecule has 0 saturated heterocycles. The molecule has 1 aromatic carbocycles. The Bertz CT molecular complexity index is 855. The third-order valence-corrected chi connectivity index (χ3v) is 4.49. The van der Waals surface area contributed by atoms with E-state index in [0.717, 1.165) is 22.5 Å². The predicted molar refractivity (Wildman–Crippen MR) is 102 cm³/mol. The van der Waals surface area contributed by atoms with Crippen LogP contribution in [0.2, 0.25) is 0 Å². The van der Waals surface area contributed by atoms with Gasteiger partial charge in [0, 0.05) is 25.1 Å². The fourth-order valence-corrected chi connectivity index (χ4v) is 3.13. The topological polar surface area (TPSA) is 76.5 Å². The van der Waals surface area contributed by atoms with Gasteiger partial charge in [0.1, 0.15) is 0 Å². The van der Waals surface area contributed by atoms with Crippen molar-refractivity contribution in [2.75, 3.05) is 19.7 Å². The molecule has 0 radical (unpaired) electrons. The van der Waals surface area contributed by atoms with Crippen molar-refractivity contribution in [3.8, 4) is 5.69 Å². The predicted octanol–water partition coefficient (Wildman–Crippen LogP) is 2.61. The van der Waals surface area contributed by atoms with Gasteiger partial charge in [-0.3, -0.25) is 0 Å². The van der Waals surface area contributed by atoms with Gasteiger partial charge in [-0.05, 0) is 26.0 Å². The molecular weight excluding hydrogens is 344 g/mol. The zero-order valence-corrected chi connectivity index (χ0v) is 15.7. The standard InChI is InChI=1S/C20H24N4O3/c1-4-11-21-20(26)23-12-10-17-16(13-23)18(19(25)27-5-2)22-24(17)15-8-6-14(3)7-9-15/h4,6-9H,1,5,10-13H2,2-3H3,(H,21,26). The summed E-state index contributed by atoms with van der Waals surface area (Å²) in [6.07, 6.45) is 2.24. The van der Waals surface area contributed by atoms with E-state index in [4.69, 9.17) is 4.74 Å². The van der Waals surface area contributed by atoms with Crippen LogP contribution in [0.15, 0.2) is 36.9 Å². The summed E-state index contributed by atoms with van der Waals surface area (Å²) in [5.74, 6) is -0.465. The molecule has 1 aliphatic heterocycles. The molecule has 1 N–H and O–H groups in total. The van der Waals surface area contributed by atoms with Crippen molar-refractivity contribution in [3.63, 3.8) is 0 Å². The van der Waals surface area contributed by atoms with Crippen LogP contribution < -0.4 is 5.32 Å². The maximum atomic E-state index is 12.4. The van der Waals surface area contributed by atoms with Gasteiger partial charge in [-0.2, -0.15) is 5.10 Å². The summed E-state index contributed by atoms with van der Waals surface area (Å²) >= 11 is 0. The minimum atomic E-state index is -0.465. The summed E-state index contributed by atoms with van der Waals surface area (Å²) in [4.78, 5) is 26.4. The first-order valence-corrected chi connectivity index (χ1v) is 9.03. The van der Waals surface area contributed by atoms with Gasteiger partial charge in [-0.15, -0.1) is 6.58 Å². The van der Waals surface area contributed by atoms with E-state index in [2.05, 4.69) is 17.0 Å². The molecule has 0 atom stereocenters. The summed E-state index contributed by atoms with van der Waals surface area (Å²) in [7, 11) is 0. The van der Waals surface area contributed by atoms with E-state index in [9.17, 15) is 9.59 Å². The SMILES string of the molecule is C=CCNC(=O)N1CCc2c(c(C(=O)OCC)nn2-c2ccc(C)cc2)C1. The number of nitrogens with zero attached hydrogens (tertiary/aromatic N) is 3.